The van der Waals surface area contributed by atoms with E-state index < -0.39 is 0 Å². The standard InChI is InChI=1S/C28H29N3O2/c1-4-13-31(14-5-2)24-12-8-11-21-26(24)28(33)19-16-22-18(15-23(19)30-21)27(32)25-17(6-3)9-7-10-20(25)29-22/h7-12,15-16H,4-6,13-14H2,1-3H3,(H,29,32)(H,30,33). The van der Waals surface area contributed by atoms with Gasteiger partial charge in [0.25, 0.3) is 0 Å². The van der Waals surface area contributed by atoms with Crippen molar-refractivity contribution in [3.63, 3.8) is 0 Å². The highest BCUT2D eigenvalue weighted by Crippen LogP contribution is 2.28. The molecule has 0 saturated heterocycles. The van der Waals surface area contributed by atoms with E-state index in [2.05, 4.69) is 35.6 Å². The molecule has 0 aliphatic heterocycles. The first-order chi connectivity index (χ1) is 16.1. The summed E-state index contributed by atoms with van der Waals surface area (Å²) >= 11 is 0. The number of fused-ring (bicyclic) bond motifs is 4. The van der Waals surface area contributed by atoms with Gasteiger partial charge in [-0.3, -0.25) is 9.59 Å². The Morgan fingerprint density at radius 2 is 1.24 bits per heavy atom. The maximum absolute atomic E-state index is 13.8. The van der Waals surface area contributed by atoms with Crippen LogP contribution in [0.1, 0.15) is 39.2 Å². The minimum Gasteiger partial charge on any atom is -0.371 e. The van der Waals surface area contributed by atoms with Crippen LogP contribution in [0.25, 0.3) is 43.6 Å². The third kappa shape index (κ3) is 3.39. The van der Waals surface area contributed by atoms with Gasteiger partial charge in [-0.25, -0.2) is 0 Å². The predicted octanol–water partition coefficient (Wildman–Crippen LogP) is 5.86. The monoisotopic (exact) mass is 439 g/mol. The third-order valence-electron chi connectivity index (χ3n) is 6.54. The highest BCUT2D eigenvalue weighted by molar-refractivity contribution is 6.05. The van der Waals surface area contributed by atoms with Crippen LogP contribution in [-0.4, -0.2) is 23.1 Å². The number of aryl methyl sites for hydroxylation is 1. The first-order valence-corrected chi connectivity index (χ1v) is 11.9. The van der Waals surface area contributed by atoms with Crippen LogP contribution in [0.4, 0.5) is 5.69 Å². The number of rotatable bonds is 6. The fourth-order valence-electron chi connectivity index (χ4n) is 5.05. The predicted molar refractivity (Wildman–Crippen MR) is 140 cm³/mol. The molecule has 2 N–H and O–H groups in total. The van der Waals surface area contributed by atoms with Crippen molar-refractivity contribution in [2.45, 2.75) is 40.0 Å². The Morgan fingerprint density at radius 3 is 1.82 bits per heavy atom. The minimum absolute atomic E-state index is 0.00305. The van der Waals surface area contributed by atoms with Crippen LogP contribution in [0.15, 0.2) is 58.1 Å². The Labute approximate surface area is 192 Å². The molecule has 0 bridgehead atoms. The van der Waals surface area contributed by atoms with E-state index in [1.165, 1.54) is 0 Å². The van der Waals surface area contributed by atoms with Crippen LogP contribution >= 0.6 is 0 Å². The SMILES string of the molecule is CCCN(CCC)c1cccc2[nH]c3cc4c(=O)c5c(CC)cccc5[nH]c4cc3c(=O)c12. The summed E-state index contributed by atoms with van der Waals surface area (Å²) in [5.74, 6) is 0. The number of aromatic amines is 2. The lowest BCUT2D eigenvalue weighted by Gasteiger charge is -2.25. The van der Waals surface area contributed by atoms with Gasteiger partial charge < -0.3 is 14.9 Å². The van der Waals surface area contributed by atoms with Crippen LogP contribution in [0.2, 0.25) is 0 Å². The molecule has 0 amide bonds. The van der Waals surface area contributed by atoms with Crippen molar-refractivity contribution in [3.05, 3.63) is 74.5 Å². The molecule has 0 fully saturated rings. The molecular weight excluding hydrogens is 410 g/mol. The zero-order valence-corrected chi connectivity index (χ0v) is 19.4. The van der Waals surface area contributed by atoms with Gasteiger partial charge in [0.05, 0.1) is 33.1 Å². The molecule has 0 radical (unpaired) electrons. The first kappa shape index (κ1) is 21.3. The largest absolute Gasteiger partial charge is 0.371 e. The van der Waals surface area contributed by atoms with Gasteiger partial charge in [-0.2, -0.15) is 0 Å². The summed E-state index contributed by atoms with van der Waals surface area (Å²) in [5.41, 5.74) is 4.98. The third-order valence-corrected chi connectivity index (χ3v) is 6.54. The number of nitrogens with zero attached hydrogens (tertiary/aromatic N) is 1. The number of hydrogen-bond acceptors (Lipinski definition) is 3. The molecule has 0 atom stereocenters. The molecule has 0 aliphatic rings. The fourth-order valence-corrected chi connectivity index (χ4v) is 5.05. The number of benzene rings is 3. The molecular formula is C28H29N3O2. The number of anilines is 1. The van der Waals surface area contributed by atoms with Crippen LogP contribution < -0.4 is 15.8 Å². The number of nitrogens with one attached hydrogen (secondary N) is 2. The Kier molecular flexibility index (Phi) is 5.41. The van der Waals surface area contributed by atoms with Gasteiger partial charge in [-0.05, 0) is 55.2 Å². The summed E-state index contributed by atoms with van der Waals surface area (Å²) < 4.78 is 0. The van der Waals surface area contributed by atoms with Crippen molar-refractivity contribution >= 4 is 49.3 Å². The zero-order valence-electron chi connectivity index (χ0n) is 19.4. The highest BCUT2D eigenvalue weighted by Gasteiger charge is 2.16. The average Bonchev–Trinajstić information content (AvgIpc) is 2.83. The Morgan fingerprint density at radius 1 is 0.697 bits per heavy atom. The van der Waals surface area contributed by atoms with Crippen LogP contribution in [0.5, 0.6) is 0 Å². The van der Waals surface area contributed by atoms with Crippen LogP contribution in [0.3, 0.4) is 0 Å². The van der Waals surface area contributed by atoms with Crippen molar-refractivity contribution in [1.29, 1.82) is 0 Å². The molecule has 5 aromatic rings. The van der Waals surface area contributed by atoms with E-state index in [-0.39, 0.29) is 10.9 Å². The fraction of sp³-hybridized carbons (Fsp3) is 0.286. The van der Waals surface area contributed by atoms with Gasteiger partial charge in [0.2, 0.25) is 0 Å². The second-order valence-corrected chi connectivity index (χ2v) is 8.73. The summed E-state index contributed by atoms with van der Waals surface area (Å²) in [6.07, 6.45) is 2.82. The molecule has 5 nitrogen and oxygen atoms in total. The average molecular weight is 440 g/mol. The van der Waals surface area contributed by atoms with Gasteiger partial charge in [-0.1, -0.05) is 39.0 Å². The molecule has 33 heavy (non-hydrogen) atoms. The minimum atomic E-state index is -0.00305. The maximum atomic E-state index is 13.8. The van der Waals surface area contributed by atoms with Crippen molar-refractivity contribution in [2.24, 2.45) is 0 Å². The van der Waals surface area contributed by atoms with Crippen LogP contribution in [0, 0.1) is 0 Å². The second kappa shape index (κ2) is 8.39. The molecule has 2 heterocycles. The van der Waals surface area contributed by atoms with Gasteiger partial charge in [-0.15, -0.1) is 0 Å². The van der Waals surface area contributed by atoms with E-state index in [1.807, 2.05) is 48.5 Å². The van der Waals surface area contributed by atoms with Crippen LogP contribution in [-0.2, 0) is 6.42 Å². The van der Waals surface area contributed by atoms with E-state index in [9.17, 15) is 9.59 Å². The smallest absolute Gasteiger partial charge is 0.199 e. The summed E-state index contributed by atoms with van der Waals surface area (Å²) in [6.45, 7) is 8.18. The summed E-state index contributed by atoms with van der Waals surface area (Å²) in [6, 6.07) is 15.5. The van der Waals surface area contributed by atoms with Gasteiger partial charge >= 0.3 is 0 Å². The lowest BCUT2D eigenvalue weighted by molar-refractivity contribution is 0.747. The van der Waals surface area contributed by atoms with E-state index in [0.717, 1.165) is 60.0 Å². The molecule has 0 saturated carbocycles. The maximum Gasteiger partial charge on any atom is 0.199 e. The first-order valence-electron chi connectivity index (χ1n) is 11.9. The van der Waals surface area contributed by atoms with E-state index in [4.69, 9.17) is 0 Å². The lowest BCUT2D eigenvalue weighted by Crippen LogP contribution is -2.26. The number of H-pyrrole nitrogens is 2. The molecule has 0 spiro atoms. The molecule has 2 aromatic heterocycles. The molecule has 5 heteroatoms. The number of aromatic nitrogens is 2. The van der Waals surface area contributed by atoms with Crippen molar-refractivity contribution < 1.29 is 0 Å². The summed E-state index contributed by atoms with van der Waals surface area (Å²) in [5, 5.41) is 2.63. The van der Waals surface area contributed by atoms with Gasteiger partial charge in [0.1, 0.15) is 0 Å². The molecule has 5 rings (SSSR count). The van der Waals surface area contributed by atoms with E-state index in [0.29, 0.717) is 27.2 Å². The van der Waals surface area contributed by atoms with E-state index >= 15 is 0 Å². The van der Waals surface area contributed by atoms with Crippen molar-refractivity contribution in [2.75, 3.05) is 18.0 Å². The Hall–Kier alpha value is -3.60. The summed E-state index contributed by atoms with van der Waals surface area (Å²) in [7, 11) is 0. The molecule has 3 aromatic carbocycles. The molecule has 168 valence electrons. The summed E-state index contributed by atoms with van der Waals surface area (Å²) in [4.78, 5) is 36.4. The zero-order chi connectivity index (χ0) is 23.1. The number of hydrogen-bond donors (Lipinski definition) is 2. The van der Waals surface area contributed by atoms with Gasteiger partial charge in [0.15, 0.2) is 10.9 Å². The highest BCUT2D eigenvalue weighted by atomic mass is 16.1. The second-order valence-electron chi connectivity index (χ2n) is 8.73. The Bertz CT molecular complexity index is 1620. The quantitative estimate of drug-likeness (QED) is 0.325. The van der Waals surface area contributed by atoms with Crippen molar-refractivity contribution in [3.8, 4) is 0 Å². The van der Waals surface area contributed by atoms with Gasteiger partial charge in [0, 0.05) is 29.2 Å². The normalized spacial score (nSPS) is 11.7. The molecule has 0 unspecified atom stereocenters. The number of pyridine rings is 2. The van der Waals surface area contributed by atoms with Crippen molar-refractivity contribution in [1.82, 2.24) is 9.97 Å². The molecule has 0 aliphatic carbocycles. The topological polar surface area (TPSA) is 69.0 Å². The Balaban J connectivity index is 1.86. The lowest BCUT2D eigenvalue weighted by atomic mass is 10.0. The van der Waals surface area contributed by atoms with E-state index in [1.54, 1.807) is 0 Å².